The number of aromatic nitrogens is 1. The number of benzene rings is 1. The van der Waals surface area contributed by atoms with Gasteiger partial charge in [-0.1, -0.05) is 12.1 Å². The van der Waals surface area contributed by atoms with Gasteiger partial charge in [0.25, 0.3) is 0 Å². The smallest absolute Gasteiger partial charge is 0.407 e. The minimum absolute atomic E-state index is 0.235. The Bertz CT molecular complexity index is 668. The average Bonchev–Trinajstić information content (AvgIpc) is 2.89. The average molecular weight is 317 g/mol. The molecule has 5 heteroatoms. The number of H-pyrrole nitrogens is 1. The summed E-state index contributed by atoms with van der Waals surface area (Å²) in [5.74, 6) is 0. The SMILES string of the molecule is CC(C)(CNC(=O)OC(C)(C)C)NCc1ccc2cc[nH]c2c1. The molecule has 3 N–H and O–H groups in total. The molecule has 2 aromatic rings. The van der Waals surface area contributed by atoms with Crippen molar-refractivity contribution in [2.24, 2.45) is 0 Å². The summed E-state index contributed by atoms with van der Waals surface area (Å²) in [4.78, 5) is 14.9. The Kier molecular flexibility index (Phi) is 5.00. The number of alkyl carbamates (subject to hydrolysis) is 1. The maximum atomic E-state index is 11.7. The number of aromatic amines is 1. The molecule has 5 nitrogen and oxygen atoms in total. The number of amides is 1. The Morgan fingerprint density at radius 1 is 1.17 bits per heavy atom. The lowest BCUT2D eigenvalue weighted by Gasteiger charge is -2.28. The number of hydrogen-bond acceptors (Lipinski definition) is 3. The molecule has 23 heavy (non-hydrogen) atoms. The van der Waals surface area contributed by atoms with Crippen molar-refractivity contribution in [2.45, 2.75) is 52.3 Å². The van der Waals surface area contributed by atoms with Crippen molar-refractivity contribution in [3.8, 4) is 0 Å². The Morgan fingerprint density at radius 2 is 1.91 bits per heavy atom. The summed E-state index contributed by atoms with van der Waals surface area (Å²) in [6, 6.07) is 8.41. The molecule has 0 aliphatic rings. The molecule has 2 rings (SSSR count). The van der Waals surface area contributed by atoms with Crippen LogP contribution in [0.25, 0.3) is 10.9 Å². The largest absolute Gasteiger partial charge is 0.444 e. The van der Waals surface area contributed by atoms with Gasteiger partial charge in [0.2, 0.25) is 0 Å². The molecule has 0 aliphatic heterocycles. The van der Waals surface area contributed by atoms with Crippen LogP contribution in [0.4, 0.5) is 4.79 Å². The maximum absolute atomic E-state index is 11.7. The Morgan fingerprint density at radius 3 is 2.61 bits per heavy atom. The van der Waals surface area contributed by atoms with E-state index >= 15 is 0 Å². The van der Waals surface area contributed by atoms with E-state index in [-0.39, 0.29) is 11.6 Å². The highest BCUT2D eigenvalue weighted by atomic mass is 16.6. The zero-order valence-electron chi connectivity index (χ0n) is 14.6. The van der Waals surface area contributed by atoms with E-state index in [1.807, 2.05) is 27.0 Å². The minimum atomic E-state index is -0.479. The molecule has 0 atom stereocenters. The fourth-order valence-electron chi connectivity index (χ4n) is 2.22. The highest BCUT2D eigenvalue weighted by Gasteiger charge is 2.21. The molecule has 0 saturated carbocycles. The second kappa shape index (κ2) is 6.62. The van der Waals surface area contributed by atoms with Crippen LogP contribution in [0.1, 0.15) is 40.2 Å². The first-order chi connectivity index (χ1) is 10.6. The summed E-state index contributed by atoms with van der Waals surface area (Å²) >= 11 is 0. The van der Waals surface area contributed by atoms with Crippen LogP contribution in [-0.2, 0) is 11.3 Å². The van der Waals surface area contributed by atoms with Crippen LogP contribution >= 0.6 is 0 Å². The number of fused-ring (bicyclic) bond motifs is 1. The first kappa shape index (κ1) is 17.3. The summed E-state index contributed by atoms with van der Waals surface area (Å²) in [5, 5.41) is 7.49. The molecule has 0 spiro atoms. The Labute approximate surface area is 137 Å². The number of hydrogen-bond donors (Lipinski definition) is 3. The van der Waals surface area contributed by atoms with Crippen molar-refractivity contribution in [3.05, 3.63) is 36.0 Å². The lowest BCUT2D eigenvalue weighted by atomic mass is 10.0. The second-order valence-corrected chi connectivity index (χ2v) is 7.49. The summed E-state index contributed by atoms with van der Waals surface area (Å²) in [6.07, 6.45) is 1.55. The normalized spacial score (nSPS) is 12.4. The highest BCUT2D eigenvalue weighted by Crippen LogP contribution is 2.15. The highest BCUT2D eigenvalue weighted by molar-refractivity contribution is 5.79. The lowest BCUT2D eigenvalue weighted by molar-refractivity contribution is 0.0513. The predicted molar refractivity (Wildman–Crippen MR) is 93.5 cm³/mol. The van der Waals surface area contributed by atoms with E-state index in [0.717, 1.165) is 12.1 Å². The van der Waals surface area contributed by atoms with E-state index in [1.165, 1.54) is 10.9 Å². The van der Waals surface area contributed by atoms with E-state index in [2.05, 4.69) is 53.7 Å². The monoisotopic (exact) mass is 317 g/mol. The van der Waals surface area contributed by atoms with Crippen molar-refractivity contribution in [3.63, 3.8) is 0 Å². The molecule has 126 valence electrons. The van der Waals surface area contributed by atoms with Gasteiger partial charge >= 0.3 is 6.09 Å². The van der Waals surface area contributed by atoms with Gasteiger partial charge in [-0.25, -0.2) is 4.79 Å². The van der Waals surface area contributed by atoms with Crippen LogP contribution in [0.5, 0.6) is 0 Å². The molecule has 1 heterocycles. The molecule has 0 radical (unpaired) electrons. The predicted octanol–water partition coefficient (Wildman–Crippen LogP) is 3.56. The first-order valence-electron chi connectivity index (χ1n) is 7.93. The molecule has 0 saturated heterocycles. The zero-order valence-corrected chi connectivity index (χ0v) is 14.6. The Balaban J connectivity index is 1.84. The first-order valence-corrected chi connectivity index (χ1v) is 7.93. The van der Waals surface area contributed by atoms with E-state index in [0.29, 0.717) is 6.54 Å². The molecule has 0 aliphatic carbocycles. The van der Waals surface area contributed by atoms with Gasteiger partial charge in [0.15, 0.2) is 0 Å². The summed E-state index contributed by atoms with van der Waals surface area (Å²) in [6.45, 7) is 10.9. The van der Waals surface area contributed by atoms with E-state index in [4.69, 9.17) is 4.74 Å². The van der Waals surface area contributed by atoms with Gasteiger partial charge in [-0.05, 0) is 57.7 Å². The fraction of sp³-hybridized carbons (Fsp3) is 0.500. The minimum Gasteiger partial charge on any atom is -0.444 e. The molecule has 0 fully saturated rings. The van der Waals surface area contributed by atoms with Crippen molar-refractivity contribution in [2.75, 3.05) is 6.54 Å². The van der Waals surface area contributed by atoms with Crippen LogP contribution in [0, 0.1) is 0 Å². The number of carbonyl (C=O) groups excluding carboxylic acids is 1. The number of carbonyl (C=O) groups is 1. The molecule has 1 aromatic carbocycles. The van der Waals surface area contributed by atoms with E-state index in [1.54, 1.807) is 0 Å². The summed E-state index contributed by atoms with van der Waals surface area (Å²) in [7, 11) is 0. The van der Waals surface area contributed by atoms with Crippen LogP contribution in [0.2, 0.25) is 0 Å². The molecule has 1 aromatic heterocycles. The summed E-state index contributed by atoms with van der Waals surface area (Å²) < 4.78 is 5.25. The Hall–Kier alpha value is -2.01. The maximum Gasteiger partial charge on any atom is 0.407 e. The standard InChI is InChI=1S/C18H27N3O2/c1-17(2,3)23-16(22)20-12-18(4,5)21-11-13-6-7-14-8-9-19-15(14)10-13/h6-10,19,21H,11-12H2,1-5H3,(H,20,22). The van der Waals surface area contributed by atoms with Crippen molar-refractivity contribution in [1.29, 1.82) is 0 Å². The third-order valence-electron chi connectivity index (χ3n) is 3.46. The van der Waals surface area contributed by atoms with Crippen molar-refractivity contribution in [1.82, 2.24) is 15.6 Å². The van der Waals surface area contributed by atoms with Crippen LogP contribution < -0.4 is 10.6 Å². The van der Waals surface area contributed by atoms with Gasteiger partial charge < -0.3 is 20.4 Å². The fourth-order valence-corrected chi connectivity index (χ4v) is 2.22. The van der Waals surface area contributed by atoms with Gasteiger partial charge in [0.1, 0.15) is 5.60 Å². The molecule has 1 amide bonds. The van der Waals surface area contributed by atoms with Crippen molar-refractivity contribution >= 4 is 17.0 Å². The summed E-state index contributed by atoms with van der Waals surface area (Å²) in [5.41, 5.74) is 1.62. The van der Waals surface area contributed by atoms with Gasteiger partial charge in [-0.2, -0.15) is 0 Å². The molecular formula is C18H27N3O2. The number of rotatable bonds is 5. The third-order valence-corrected chi connectivity index (χ3v) is 3.46. The van der Waals surface area contributed by atoms with E-state index < -0.39 is 5.60 Å². The molecule has 0 bridgehead atoms. The lowest BCUT2D eigenvalue weighted by Crippen LogP contribution is -2.49. The van der Waals surface area contributed by atoms with Crippen molar-refractivity contribution < 1.29 is 9.53 Å². The van der Waals surface area contributed by atoms with Gasteiger partial charge in [-0.3, -0.25) is 0 Å². The topological polar surface area (TPSA) is 66.2 Å². The van der Waals surface area contributed by atoms with Crippen LogP contribution in [-0.4, -0.2) is 28.8 Å². The van der Waals surface area contributed by atoms with Gasteiger partial charge in [0.05, 0.1) is 0 Å². The zero-order chi connectivity index (χ0) is 17.1. The van der Waals surface area contributed by atoms with Gasteiger partial charge in [-0.15, -0.1) is 0 Å². The number of ether oxygens (including phenoxy) is 1. The molecule has 0 unspecified atom stereocenters. The number of nitrogens with one attached hydrogen (secondary N) is 3. The molecular weight excluding hydrogens is 290 g/mol. The quantitative estimate of drug-likeness (QED) is 0.790. The van der Waals surface area contributed by atoms with Crippen LogP contribution in [0.15, 0.2) is 30.5 Å². The van der Waals surface area contributed by atoms with Gasteiger partial charge in [0, 0.05) is 30.3 Å². The van der Waals surface area contributed by atoms with E-state index in [9.17, 15) is 4.79 Å². The second-order valence-electron chi connectivity index (χ2n) is 7.49. The third kappa shape index (κ3) is 5.60. The van der Waals surface area contributed by atoms with Crippen LogP contribution in [0.3, 0.4) is 0 Å².